The minimum atomic E-state index is -0.118. The molecule has 1 amide bonds. The number of rotatable bonds is 7. The summed E-state index contributed by atoms with van der Waals surface area (Å²) in [7, 11) is 0. The Morgan fingerprint density at radius 2 is 1.93 bits per heavy atom. The Kier molecular flexibility index (Phi) is 6.69. The second kappa shape index (κ2) is 9.22. The van der Waals surface area contributed by atoms with Crippen molar-refractivity contribution >= 4 is 28.7 Å². The molecule has 0 bridgehead atoms. The third-order valence-corrected chi connectivity index (χ3v) is 5.58. The van der Waals surface area contributed by atoms with Crippen molar-refractivity contribution in [1.82, 2.24) is 19.9 Å². The number of pyridine rings is 1. The molecule has 1 atom stereocenters. The van der Waals surface area contributed by atoms with Gasteiger partial charge in [0.05, 0.1) is 17.2 Å². The van der Waals surface area contributed by atoms with E-state index >= 15 is 0 Å². The van der Waals surface area contributed by atoms with Crippen LogP contribution in [0.5, 0.6) is 0 Å². The lowest BCUT2D eigenvalue weighted by Gasteiger charge is -2.17. The minimum absolute atomic E-state index is 0.0895. The highest BCUT2D eigenvalue weighted by molar-refractivity contribution is 7.99. The van der Waals surface area contributed by atoms with Crippen molar-refractivity contribution in [1.29, 1.82) is 0 Å². The zero-order chi connectivity index (χ0) is 21.0. The molecule has 0 saturated carbocycles. The van der Waals surface area contributed by atoms with Crippen molar-refractivity contribution in [3.8, 4) is 0 Å². The number of aromatic nitrogens is 3. The number of hydrogen-bond donors (Lipinski definition) is 1. The highest BCUT2D eigenvalue weighted by Crippen LogP contribution is 2.20. The predicted octanol–water partition coefficient (Wildman–Crippen LogP) is 3.73. The number of fused-ring (bicyclic) bond motifs is 1. The molecule has 0 spiro atoms. The fourth-order valence-corrected chi connectivity index (χ4v) is 4.04. The van der Waals surface area contributed by atoms with E-state index in [0.717, 1.165) is 11.1 Å². The van der Waals surface area contributed by atoms with E-state index < -0.39 is 0 Å². The molecule has 2 heterocycles. The largest absolute Gasteiger partial charge is 0.349 e. The van der Waals surface area contributed by atoms with Gasteiger partial charge in [0.1, 0.15) is 0 Å². The van der Waals surface area contributed by atoms with E-state index in [4.69, 9.17) is 0 Å². The van der Waals surface area contributed by atoms with E-state index in [9.17, 15) is 9.59 Å². The molecular formula is C22H26N4O2S. The van der Waals surface area contributed by atoms with Crippen LogP contribution in [0.1, 0.15) is 37.9 Å². The summed E-state index contributed by atoms with van der Waals surface area (Å²) >= 11 is 1.27. The number of benzene rings is 1. The van der Waals surface area contributed by atoms with Crippen LogP contribution in [-0.2, 0) is 11.3 Å². The van der Waals surface area contributed by atoms with Gasteiger partial charge >= 0.3 is 0 Å². The van der Waals surface area contributed by atoms with Gasteiger partial charge in [-0.3, -0.25) is 14.2 Å². The van der Waals surface area contributed by atoms with Gasteiger partial charge in [-0.05, 0) is 43.0 Å². The van der Waals surface area contributed by atoms with Crippen molar-refractivity contribution in [2.45, 2.75) is 45.4 Å². The monoisotopic (exact) mass is 410 g/mol. The van der Waals surface area contributed by atoms with Crippen LogP contribution in [0.4, 0.5) is 0 Å². The molecule has 0 aliphatic rings. The number of nitrogens with one attached hydrogen (secondary N) is 1. The first kappa shape index (κ1) is 21.0. The molecule has 0 fully saturated rings. The fraction of sp³-hybridized carbons (Fsp3) is 0.364. The molecule has 2 aromatic heterocycles. The Balaban J connectivity index is 1.78. The van der Waals surface area contributed by atoms with Crippen molar-refractivity contribution < 1.29 is 4.79 Å². The molecule has 0 radical (unpaired) electrons. The van der Waals surface area contributed by atoms with Gasteiger partial charge in [-0.1, -0.05) is 49.9 Å². The van der Waals surface area contributed by atoms with Gasteiger partial charge in [0.2, 0.25) is 5.91 Å². The zero-order valence-electron chi connectivity index (χ0n) is 17.2. The van der Waals surface area contributed by atoms with E-state index in [1.54, 1.807) is 22.9 Å². The number of amides is 1. The average molecular weight is 411 g/mol. The van der Waals surface area contributed by atoms with Crippen LogP contribution in [-0.4, -0.2) is 26.2 Å². The Hall–Kier alpha value is -2.67. The third-order valence-electron chi connectivity index (χ3n) is 4.61. The minimum Gasteiger partial charge on any atom is -0.349 e. The predicted molar refractivity (Wildman–Crippen MR) is 117 cm³/mol. The lowest BCUT2D eigenvalue weighted by atomic mass is 10.0. The fourth-order valence-electron chi connectivity index (χ4n) is 3.24. The molecule has 3 aromatic rings. The Morgan fingerprint density at radius 3 is 2.66 bits per heavy atom. The van der Waals surface area contributed by atoms with Crippen LogP contribution in [0.15, 0.2) is 52.5 Å². The summed E-state index contributed by atoms with van der Waals surface area (Å²) in [5.41, 5.74) is 2.53. The van der Waals surface area contributed by atoms with Crippen LogP contribution in [0, 0.1) is 12.8 Å². The number of carbonyl (C=O) groups excluding carboxylic acids is 1. The quantitative estimate of drug-likeness (QED) is 0.474. The molecule has 6 nitrogen and oxygen atoms in total. The summed E-state index contributed by atoms with van der Waals surface area (Å²) in [5, 5.41) is 4.05. The van der Waals surface area contributed by atoms with Gasteiger partial charge < -0.3 is 5.32 Å². The summed E-state index contributed by atoms with van der Waals surface area (Å²) in [6.45, 7) is 8.64. The Labute approximate surface area is 174 Å². The highest BCUT2D eigenvalue weighted by Gasteiger charge is 2.16. The van der Waals surface area contributed by atoms with Crippen molar-refractivity contribution in [2.24, 2.45) is 5.92 Å². The maximum absolute atomic E-state index is 12.9. The van der Waals surface area contributed by atoms with Gasteiger partial charge in [-0.15, -0.1) is 0 Å². The number of thioether (sulfide) groups is 1. The highest BCUT2D eigenvalue weighted by atomic mass is 32.2. The van der Waals surface area contributed by atoms with Crippen LogP contribution in [0.3, 0.4) is 0 Å². The molecule has 0 aliphatic heterocycles. The lowest BCUT2D eigenvalue weighted by molar-refractivity contribution is -0.119. The Morgan fingerprint density at radius 1 is 1.17 bits per heavy atom. The molecule has 0 aliphatic carbocycles. The first-order chi connectivity index (χ1) is 13.9. The molecule has 29 heavy (non-hydrogen) atoms. The van der Waals surface area contributed by atoms with E-state index in [0.29, 0.717) is 22.7 Å². The normalized spacial score (nSPS) is 12.3. The SMILES string of the molecule is Cc1ccccc1[C@@H](C)NC(=O)CSc1nc2ncccc2c(=O)n1CC(C)C. The van der Waals surface area contributed by atoms with Gasteiger partial charge in [-0.2, -0.15) is 0 Å². The van der Waals surface area contributed by atoms with Crippen LogP contribution < -0.4 is 10.9 Å². The second-order valence-electron chi connectivity index (χ2n) is 7.51. The summed E-state index contributed by atoms with van der Waals surface area (Å²) in [4.78, 5) is 34.2. The zero-order valence-corrected chi connectivity index (χ0v) is 18.0. The number of nitrogens with zero attached hydrogens (tertiary/aromatic N) is 3. The molecular weight excluding hydrogens is 384 g/mol. The maximum Gasteiger partial charge on any atom is 0.263 e. The smallest absolute Gasteiger partial charge is 0.263 e. The number of carbonyl (C=O) groups is 1. The summed E-state index contributed by atoms with van der Waals surface area (Å²) in [6, 6.07) is 11.4. The molecule has 1 N–H and O–H groups in total. The van der Waals surface area contributed by atoms with Gasteiger partial charge in [-0.25, -0.2) is 9.97 Å². The van der Waals surface area contributed by atoms with Crippen molar-refractivity contribution in [3.05, 3.63) is 64.1 Å². The summed E-state index contributed by atoms with van der Waals surface area (Å²) in [5.74, 6) is 0.356. The Bertz CT molecular complexity index is 1080. The molecule has 3 rings (SSSR count). The van der Waals surface area contributed by atoms with E-state index in [1.807, 2.05) is 52.0 Å². The third kappa shape index (κ3) is 5.03. The lowest BCUT2D eigenvalue weighted by Crippen LogP contribution is -2.30. The summed E-state index contributed by atoms with van der Waals surface area (Å²) < 4.78 is 1.65. The summed E-state index contributed by atoms with van der Waals surface area (Å²) in [6.07, 6.45) is 1.62. The second-order valence-corrected chi connectivity index (χ2v) is 8.46. The van der Waals surface area contributed by atoms with Gasteiger partial charge in [0.25, 0.3) is 5.56 Å². The first-order valence-corrected chi connectivity index (χ1v) is 10.7. The van der Waals surface area contributed by atoms with E-state index in [2.05, 4.69) is 15.3 Å². The molecule has 1 aromatic carbocycles. The van der Waals surface area contributed by atoms with Gasteiger partial charge in [0, 0.05) is 12.7 Å². The van der Waals surface area contributed by atoms with Crippen LogP contribution in [0.25, 0.3) is 11.0 Å². The molecule has 152 valence electrons. The van der Waals surface area contributed by atoms with Gasteiger partial charge in [0.15, 0.2) is 10.8 Å². The average Bonchev–Trinajstić information content (AvgIpc) is 2.69. The first-order valence-electron chi connectivity index (χ1n) is 9.70. The van der Waals surface area contributed by atoms with Crippen molar-refractivity contribution in [3.63, 3.8) is 0 Å². The number of hydrogen-bond acceptors (Lipinski definition) is 5. The number of aryl methyl sites for hydroxylation is 1. The van der Waals surface area contributed by atoms with Crippen LogP contribution in [0.2, 0.25) is 0 Å². The topological polar surface area (TPSA) is 76.9 Å². The molecule has 0 unspecified atom stereocenters. The molecule has 7 heteroatoms. The molecule has 0 saturated heterocycles. The van der Waals surface area contributed by atoms with E-state index in [1.165, 1.54) is 11.8 Å². The van der Waals surface area contributed by atoms with Crippen molar-refractivity contribution in [2.75, 3.05) is 5.75 Å². The standard InChI is InChI=1S/C22H26N4O2S/c1-14(2)12-26-21(28)18-10-7-11-23-20(18)25-22(26)29-13-19(27)24-16(4)17-9-6-5-8-15(17)3/h5-11,14,16H,12-13H2,1-4H3,(H,24,27)/t16-/m1/s1. The van der Waals surface area contributed by atoms with E-state index in [-0.39, 0.29) is 29.2 Å². The van der Waals surface area contributed by atoms with Crippen LogP contribution >= 0.6 is 11.8 Å². The maximum atomic E-state index is 12.9.